The molecule has 0 atom stereocenters. The van der Waals surface area contributed by atoms with Crippen molar-refractivity contribution in [2.45, 2.75) is 18.8 Å². The number of para-hydroxylation sites is 1. The molecule has 1 amide bonds. The van der Waals surface area contributed by atoms with E-state index in [-0.39, 0.29) is 11.5 Å². The van der Waals surface area contributed by atoms with Crippen LogP contribution in [-0.2, 0) is 0 Å². The van der Waals surface area contributed by atoms with E-state index in [1.807, 2.05) is 29.2 Å². The van der Waals surface area contributed by atoms with E-state index in [2.05, 4.69) is 24.3 Å². The molecule has 1 saturated heterocycles. The first-order valence-electron chi connectivity index (χ1n) is 8.68. The maximum Gasteiger partial charge on any atom is 0.328 e. The summed E-state index contributed by atoms with van der Waals surface area (Å²) in [4.78, 5) is 26.8. The quantitative estimate of drug-likeness (QED) is 0.679. The van der Waals surface area contributed by atoms with Crippen LogP contribution in [0.3, 0.4) is 0 Å². The number of carbonyl (C=O) groups excluding carboxylic acids is 1. The van der Waals surface area contributed by atoms with Gasteiger partial charge in [0.05, 0.1) is 5.52 Å². The average molecular weight is 332 g/mol. The van der Waals surface area contributed by atoms with E-state index in [4.69, 9.17) is 0 Å². The Morgan fingerprint density at radius 3 is 2.32 bits per heavy atom. The number of rotatable bonds is 1. The molecule has 4 rings (SSSR count). The van der Waals surface area contributed by atoms with Crippen molar-refractivity contribution in [3.63, 3.8) is 0 Å². The lowest BCUT2D eigenvalue weighted by Crippen LogP contribution is -2.40. The van der Waals surface area contributed by atoms with E-state index < -0.39 is 0 Å². The van der Waals surface area contributed by atoms with E-state index in [1.165, 1.54) is 11.6 Å². The number of amides is 1. The van der Waals surface area contributed by atoms with E-state index in [1.54, 1.807) is 16.8 Å². The van der Waals surface area contributed by atoms with E-state index in [9.17, 15) is 9.59 Å². The zero-order valence-electron chi connectivity index (χ0n) is 14.0. The summed E-state index contributed by atoms with van der Waals surface area (Å²) in [5.74, 6) is 0.510. The molecule has 0 unspecified atom stereocenters. The first-order chi connectivity index (χ1) is 12.2. The molecular weight excluding hydrogens is 312 g/mol. The number of benzene rings is 2. The average Bonchev–Trinajstić information content (AvgIpc) is 2.69. The monoisotopic (exact) mass is 332 g/mol. The Morgan fingerprint density at radius 1 is 0.880 bits per heavy atom. The number of aromatic nitrogens is 1. The highest BCUT2D eigenvalue weighted by atomic mass is 16.2. The van der Waals surface area contributed by atoms with Crippen molar-refractivity contribution in [3.05, 3.63) is 82.6 Å². The molecule has 4 nitrogen and oxygen atoms in total. The summed E-state index contributed by atoms with van der Waals surface area (Å²) in [6.07, 6.45) is 3.53. The predicted molar refractivity (Wildman–Crippen MR) is 99.0 cm³/mol. The number of pyridine rings is 1. The summed E-state index contributed by atoms with van der Waals surface area (Å²) in [5, 5.41) is 0.581. The van der Waals surface area contributed by atoms with Gasteiger partial charge < -0.3 is 4.90 Å². The predicted octanol–water partition coefficient (Wildman–Crippen LogP) is 3.85. The highest BCUT2D eigenvalue weighted by molar-refractivity contribution is 5.90. The third-order valence-electron chi connectivity index (χ3n) is 5.05. The summed E-state index contributed by atoms with van der Waals surface area (Å²) in [6, 6.07) is 19.2. The van der Waals surface area contributed by atoms with Crippen LogP contribution in [-0.4, -0.2) is 28.6 Å². The number of piperidine rings is 1. The number of likely N-dealkylation sites (tertiary alicyclic amines) is 1. The lowest BCUT2D eigenvalue weighted by Gasteiger charge is -2.32. The van der Waals surface area contributed by atoms with Crippen LogP contribution >= 0.6 is 0 Å². The van der Waals surface area contributed by atoms with Gasteiger partial charge in [0.25, 0.3) is 0 Å². The minimum Gasteiger partial charge on any atom is -0.324 e. The molecule has 2 aromatic carbocycles. The lowest BCUT2D eigenvalue weighted by molar-refractivity contribution is 0.184. The zero-order valence-corrected chi connectivity index (χ0v) is 14.0. The van der Waals surface area contributed by atoms with E-state index in [0.717, 1.165) is 25.9 Å². The Hall–Kier alpha value is -2.88. The van der Waals surface area contributed by atoms with Crippen molar-refractivity contribution in [2.75, 3.05) is 13.1 Å². The van der Waals surface area contributed by atoms with Crippen LogP contribution in [0.15, 0.2) is 71.7 Å². The van der Waals surface area contributed by atoms with Gasteiger partial charge in [0.15, 0.2) is 5.43 Å². The Morgan fingerprint density at radius 2 is 1.56 bits per heavy atom. The van der Waals surface area contributed by atoms with Crippen LogP contribution in [0.2, 0.25) is 0 Å². The zero-order chi connectivity index (χ0) is 17.2. The molecule has 126 valence electrons. The fraction of sp³-hybridized carbons (Fsp3) is 0.238. The van der Waals surface area contributed by atoms with Crippen molar-refractivity contribution in [1.29, 1.82) is 0 Å². The van der Waals surface area contributed by atoms with Crippen LogP contribution in [0.25, 0.3) is 10.9 Å². The lowest BCUT2D eigenvalue weighted by atomic mass is 9.90. The second kappa shape index (κ2) is 6.55. The van der Waals surface area contributed by atoms with Crippen LogP contribution in [0, 0.1) is 0 Å². The molecule has 0 bridgehead atoms. The first-order valence-corrected chi connectivity index (χ1v) is 8.68. The standard InChI is InChI=1S/C21H20N2O2/c24-20-12-15-23(19-9-5-4-8-18(19)20)21(25)22-13-10-17(11-14-22)16-6-2-1-3-7-16/h1-9,12,15,17H,10-11,13-14H2. The number of carbonyl (C=O) groups is 1. The van der Waals surface area contributed by atoms with Crippen molar-refractivity contribution in [2.24, 2.45) is 0 Å². The molecule has 3 aromatic rings. The summed E-state index contributed by atoms with van der Waals surface area (Å²) in [7, 11) is 0. The summed E-state index contributed by atoms with van der Waals surface area (Å²) in [6.45, 7) is 1.47. The molecular formula is C21H20N2O2. The van der Waals surface area contributed by atoms with Gasteiger partial charge in [-0.25, -0.2) is 4.79 Å². The Kier molecular flexibility index (Phi) is 4.10. The maximum atomic E-state index is 13.0. The third kappa shape index (κ3) is 2.95. The van der Waals surface area contributed by atoms with Gasteiger partial charge in [0.1, 0.15) is 0 Å². The van der Waals surface area contributed by atoms with Gasteiger partial charge in [0, 0.05) is 30.7 Å². The van der Waals surface area contributed by atoms with Gasteiger partial charge in [-0.15, -0.1) is 0 Å². The fourth-order valence-electron chi connectivity index (χ4n) is 3.65. The fourth-order valence-corrected chi connectivity index (χ4v) is 3.65. The number of hydrogen-bond acceptors (Lipinski definition) is 2. The maximum absolute atomic E-state index is 13.0. The topological polar surface area (TPSA) is 42.3 Å². The van der Waals surface area contributed by atoms with Gasteiger partial charge in [0.2, 0.25) is 0 Å². The van der Waals surface area contributed by atoms with E-state index >= 15 is 0 Å². The van der Waals surface area contributed by atoms with Crippen molar-refractivity contribution >= 4 is 16.9 Å². The molecule has 0 saturated carbocycles. The molecule has 0 radical (unpaired) electrons. The number of fused-ring (bicyclic) bond motifs is 1. The Labute approximate surface area is 146 Å². The molecule has 0 N–H and O–H groups in total. The van der Waals surface area contributed by atoms with Gasteiger partial charge in [-0.1, -0.05) is 42.5 Å². The molecule has 1 aliphatic rings. The minimum absolute atomic E-state index is 0.0530. The number of nitrogens with zero attached hydrogens (tertiary/aromatic N) is 2. The van der Waals surface area contributed by atoms with Crippen LogP contribution in [0.5, 0.6) is 0 Å². The first kappa shape index (κ1) is 15.6. The molecule has 1 aliphatic heterocycles. The highest BCUT2D eigenvalue weighted by Gasteiger charge is 2.25. The Balaban J connectivity index is 1.55. The van der Waals surface area contributed by atoms with Gasteiger partial charge >= 0.3 is 6.03 Å². The number of hydrogen-bond donors (Lipinski definition) is 0. The summed E-state index contributed by atoms with van der Waals surface area (Å²) < 4.78 is 1.60. The van der Waals surface area contributed by atoms with Gasteiger partial charge in [-0.3, -0.25) is 9.36 Å². The second-order valence-corrected chi connectivity index (χ2v) is 6.52. The molecule has 25 heavy (non-hydrogen) atoms. The second-order valence-electron chi connectivity index (χ2n) is 6.52. The largest absolute Gasteiger partial charge is 0.328 e. The summed E-state index contributed by atoms with van der Waals surface area (Å²) >= 11 is 0. The normalized spacial score (nSPS) is 15.4. The van der Waals surface area contributed by atoms with Crippen molar-refractivity contribution in [3.8, 4) is 0 Å². The third-order valence-corrected chi connectivity index (χ3v) is 5.05. The van der Waals surface area contributed by atoms with Crippen LogP contribution in [0.1, 0.15) is 24.3 Å². The molecule has 1 fully saturated rings. The summed E-state index contributed by atoms with van der Waals surface area (Å²) in [5.41, 5.74) is 1.97. The van der Waals surface area contributed by atoms with Gasteiger partial charge in [-0.2, -0.15) is 0 Å². The Bertz CT molecular complexity index is 954. The van der Waals surface area contributed by atoms with Gasteiger partial charge in [-0.05, 0) is 36.5 Å². The molecule has 0 aliphatic carbocycles. The van der Waals surface area contributed by atoms with Crippen LogP contribution in [0.4, 0.5) is 4.79 Å². The van der Waals surface area contributed by atoms with E-state index in [0.29, 0.717) is 16.8 Å². The molecule has 4 heteroatoms. The molecule has 2 heterocycles. The SMILES string of the molecule is O=C(N1CCC(c2ccccc2)CC1)n1ccc(=O)c2ccccc21. The van der Waals surface area contributed by atoms with Crippen LogP contribution < -0.4 is 5.43 Å². The van der Waals surface area contributed by atoms with Crippen molar-refractivity contribution in [1.82, 2.24) is 9.47 Å². The van der Waals surface area contributed by atoms with Crippen molar-refractivity contribution < 1.29 is 4.79 Å². The minimum atomic E-state index is -0.0533. The highest BCUT2D eigenvalue weighted by Crippen LogP contribution is 2.28. The molecule has 1 aromatic heterocycles. The smallest absolute Gasteiger partial charge is 0.324 e. The molecule has 0 spiro atoms.